The number of likely N-dealkylation sites (tertiary alicyclic amines) is 1. The number of carbonyl (C=O) groups excluding carboxylic acids is 1. The number of benzene rings is 1. The van der Waals surface area contributed by atoms with E-state index in [0.29, 0.717) is 12.3 Å². The summed E-state index contributed by atoms with van der Waals surface area (Å²) in [4.78, 5) is 14.2. The smallest absolute Gasteiger partial charge is 0.222 e. The number of nitrogens with one attached hydrogen (secondary N) is 1. The molecule has 0 aromatic heterocycles. The van der Waals surface area contributed by atoms with Crippen molar-refractivity contribution >= 4 is 5.91 Å². The number of aryl methyl sites for hydroxylation is 1. The van der Waals surface area contributed by atoms with Gasteiger partial charge in [0.1, 0.15) is 0 Å². The van der Waals surface area contributed by atoms with Crippen LogP contribution in [0, 0.1) is 0 Å². The van der Waals surface area contributed by atoms with Crippen LogP contribution in [0.1, 0.15) is 56.2 Å². The Morgan fingerprint density at radius 1 is 1.19 bits per heavy atom. The van der Waals surface area contributed by atoms with Crippen LogP contribution in [0.3, 0.4) is 0 Å². The van der Waals surface area contributed by atoms with Crippen molar-refractivity contribution in [1.29, 1.82) is 0 Å². The summed E-state index contributed by atoms with van der Waals surface area (Å²) in [7, 11) is 1.98. The average Bonchev–Trinajstić information content (AvgIpc) is 2.71. The molecule has 1 aliphatic heterocycles. The fourth-order valence-electron chi connectivity index (χ4n) is 3.02. The quantitative estimate of drug-likeness (QED) is 0.871. The summed E-state index contributed by atoms with van der Waals surface area (Å²) in [6.07, 6.45) is 6.39. The van der Waals surface area contributed by atoms with Crippen molar-refractivity contribution < 1.29 is 4.79 Å². The molecule has 1 unspecified atom stereocenters. The van der Waals surface area contributed by atoms with E-state index in [4.69, 9.17) is 0 Å². The van der Waals surface area contributed by atoms with E-state index in [1.807, 2.05) is 11.9 Å². The van der Waals surface area contributed by atoms with Gasteiger partial charge in [-0.2, -0.15) is 0 Å². The van der Waals surface area contributed by atoms with E-state index in [1.54, 1.807) is 0 Å². The predicted octanol–water partition coefficient (Wildman–Crippen LogP) is 3.30. The molecule has 3 heteroatoms. The van der Waals surface area contributed by atoms with Crippen LogP contribution < -0.4 is 5.32 Å². The molecular weight excluding hydrogens is 260 g/mol. The zero-order chi connectivity index (χ0) is 15.1. The Balaban J connectivity index is 2.02. The van der Waals surface area contributed by atoms with Crippen molar-refractivity contribution in [3.8, 4) is 0 Å². The molecule has 1 amide bonds. The normalized spacial score (nSPS) is 17.6. The van der Waals surface area contributed by atoms with E-state index in [-0.39, 0.29) is 6.04 Å². The molecule has 1 heterocycles. The second kappa shape index (κ2) is 8.18. The van der Waals surface area contributed by atoms with Gasteiger partial charge in [0.25, 0.3) is 0 Å². The Hall–Kier alpha value is -1.35. The summed E-state index contributed by atoms with van der Waals surface area (Å²) in [6.45, 7) is 3.89. The number of likely N-dealkylation sites (N-methyl/N-ethyl adjacent to an activating group) is 1. The fourth-order valence-corrected chi connectivity index (χ4v) is 3.02. The van der Waals surface area contributed by atoms with Crippen LogP contribution in [0.25, 0.3) is 0 Å². The highest BCUT2D eigenvalue weighted by atomic mass is 16.2. The van der Waals surface area contributed by atoms with Gasteiger partial charge in [0.05, 0.1) is 0 Å². The van der Waals surface area contributed by atoms with Gasteiger partial charge in [-0.05, 0) is 37.4 Å². The molecule has 0 saturated carbocycles. The van der Waals surface area contributed by atoms with Crippen molar-refractivity contribution in [2.24, 2.45) is 0 Å². The maximum atomic E-state index is 12.1. The van der Waals surface area contributed by atoms with Gasteiger partial charge in [0.15, 0.2) is 0 Å². The molecule has 1 aliphatic rings. The highest BCUT2D eigenvalue weighted by Gasteiger charge is 2.20. The highest BCUT2D eigenvalue weighted by molar-refractivity contribution is 5.76. The summed E-state index contributed by atoms with van der Waals surface area (Å²) < 4.78 is 0. The summed E-state index contributed by atoms with van der Waals surface area (Å²) >= 11 is 0. The lowest BCUT2D eigenvalue weighted by Gasteiger charge is -2.27. The Kier molecular flexibility index (Phi) is 6.24. The average molecular weight is 288 g/mol. The Bertz CT molecular complexity index is 441. The number of hydrogen-bond donors (Lipinski definition) is 1. The van der Waals surface area contributed by atoms with Crippen molar-refractivity contribution in [1.82, 2.24) is 10.2 Å². The summed E-state index contributed by atoms with van der Waals surface area (Å²) in [5.74, 6) is 0.315. The third kappa shape index (κ3) is 4.57. The first-order valence-electron chi connectivity index (χ1n) is 8.28. The lowest BCUT2D eigenvalue weighted by atomic mass is 10.0. The number of carbonyl (C=O) groups is 1. The fraction of sp³-hybridized carbons (Fsp3) is 0.611. The van der Waals surface area contributed by atoms with E-state index in [1.165, 1.54) is 24.0 Å². The third-order valence-corrected chi connectivity index (χ3v) is 4.34. The molecule has 0 aliphatic carbocycles. The van der Waals surface area contributed by atoms with Crippen LogP contribution >= 0.6 is 0 Å². The van der Waals surface area contributed by atoms with Crippen LogP contribution in [0.15, 0.2) is 24.3 Å². The van der Waals surface area contributed by atoms with E-state index >= 15 is 0 Å². The zero-order valence-electron chi connectivity index (χ0n) is 13.4. The van der Waals surface area contributed by atoms with Gasteiger partial charge in [0.2, 0.25) is 5.91 Å². The minimum Gasteiger partial charge on any atom is -0.341 e. The summed E-state index contributed by atoms with van der Waals surface area (Å²) in [5.41, 5.74) is 2.66. The summed E-state index contributed by atoms with van der Waals surface area (Å²) in [6, 6.07) is 9.06. The Morgan fingerprint density at radius 3 is 2.62 bits per heavy atom. The van der Waals surface area contributed by atoms with Crippen molar-refractivity contribution in [3.05, 3.63) is 35.4 Å². The standard InChI is InChI=1S/C18H28N2O/c1-3-7-15-9-11-16(12-10-15)17(19-2)14-20-13-6-4-5-8-18(20)21/h9-12,17,19H,3-8,13-14H2,1-2H3. The van der Waals surface area contributed by atoms with Gasteiger partial charge in [-0.15, -0.1) is 0 Å². The van der Waals surface area contributed by atoms with Gasteiger partial charge in [-0.3, -0.25) is 4.79 Å². The maximum Gasteiger partial charge on any atom is 0.222 e. The maximum absolute atomic E-state index is 12.1. The molecule has 1 aromatic carbocycles. The SMILES string of the molecule is CCCc1ccc(C(CN2CCCCCC2=O)NC)cc1. The van der Waals surface area contributed by atoms with Crippen LogP contribution in [0.4, 0.5) is 0 Å². The second-order valence-corrected chi connectivity index (χ2v) is 5.98. The predicted molar refractivity (Wildman–Crippen MR) is 87.3 cm³/mol. The third-order valence-electron chi connectivity index (χ3n) is 4.34. The molecule has 2 rings (SSSR count). The number of rotatable bonds is 6. The van der Waals surface area contributed by atoms with E-state index < -0.39 is 0 Å². The second-order valence-electron chi connectivity index (χ2n) is 5.98. The first-order chi connectivity index (χ1) is 10.2. The van der Waals surface area contributed by atoms with Crippen LogP contribution in [-0.2, 0) is 11.2 Å². The molecule has 3 nitrogen and oxygen atoms in total. The van der Waals surface area contributed by atoms with E-state index in [0.717, 1.165) is 32.4 Å². The van der Waals surface area contributed by atoms with Crippen LogP contribution in [0.2, 0.25) is 0 Å². The van der Waals surface area contributed by atoms with E-state index in [9.17, 15) is 4.79 Å². The first-order valence-corrected chi connectivity index (χ1v) is 8.28. The van der Waals surface area contributed by atoms with Gasteiger partial charge < -0.3 is 10.2 Å². The number of amides is 1. The molecule has 1 saturated heterocycles. The van der Waals surface area contributed by atoms with Gasteiger partial charge >= 0.3 is 0 Å². The monoisotopic (exact) mass is 288 g/mol. The number of nitrogens with zero attached hydrogens (tertiary/aromatic N) is 1. The number of hydrogen-bond acceptors (Lipinski definition) is 2. The van der Waals surface area contributed by atoms with E-state index in [2.05, 4.69) is 36.5 Å². The van der Waals surface area contributed by atoms with Crippen molar-refractivity contribution in [3.63, 3.8) is 0 Å². The molecule has 21 heavy (non-hydrogen) atoms. The topological polar surface area (TPSA) is 32.3 Å². The molecular formula is C18H28N2O. The highest BCUT2D eigenvalue weighted by Crippen LogP contribution is 2.19. The molecule has 116 valence electrons. The minimum absolute atomic E-state index is 0.225. The minimum atomic E-state index is 0.225. The largest absolute Gasteiger partial charge is 0.341 e. The molecule has 0 bridgehead atoms. The summed E-state index contributed by atoms with van der Waals surface area (Å²) in [5, 5.41) is 3.36. The van der Waals surface area contributed by atoms with Gasteiger partial charge in [-0.1, -0.05) is 44.0 Å². The molecule has 1 atom stereocenters. The molecule has 1 N–H and O–H groups in total. The van der Waals surface area contributed by atoms with Gasteiger partial charge in [0, 0.05) is 25.6 Å². The Labute approximate surface area is 128 Å². The molecule has 0 spiro atoms. The molecule has 0 radical (unpaired) electrons. The zero-order valence-corrected chi connectivity index (χ0v) is 13.4. The Morgan fingerprint density at radius 2 is 1.95 bits per heavy atom. The van der Waals surface area contributed by atoms with Crippen LogP contribution in [-0.4, -0.2) is 30.9 Å². The lowest BCUT2D eigenvalue weighted by molar-refractivity contribution is -0.131. The molecule has 1 fully saturated rings. The molecule has 1 aromatic rings. The van der Waals surface area contributed by atoms with Crippen molar-refractivity contribution in [2.75, 3.05) is 20.1 Å². The van der Waals surface area contributed by atoms with Gasteiger partial charge in [-0.25, -0.2) is 0 Å². The van der Waals surface area contributed by atoms with Crippen molar-refractivity contribution in [2.45, 2.75) is 51.5 Å². The first kappa shape index (κ1) is 16.0. The lowest BCUT2D eigenvalue weighted by Crippen LogP contribution is -2.37. The van der Waals surface area contributed by atoms with Crippen LogP contribution in [0.5, 0.6) is 0 Å².